The normalized spacial score (nSPS) is 11.9. The highest BCUT2D eigenvalue weighted by molar-refractivity contribution is 6.99. The standard InChI is InChI=1S/C21H17N5O3S/c22-20(28)19(27)16(10-12-6-2-1-3-7-12)24-21(29)18-17(25-30-26-18)14-11-23-15-9-5-4-8-13(14)15/h1-9,11,16,23H,10H2,(H2,22,28)(H,24,29). The number of carbonyl (C=O) groups is 3. The number of para-hydroxylation sites is 1. The fourth-order valence-corrected chi connectivity index (χ4v) is 3.80. The number of aromatic nitrogens is 3. The highest BCUT2D eigenvalue weighted by atomic mass is 32.1. The molecule has 2 aromatic carbocycles. The summed E-state index contributed by atoms with van der Waals surface area (Å²) in [6.07, 6.45) is 1.89. The van der Waals surface area contributed by atoms with Crippen LogP contribution in [0.5, 0.6) is 0 Å². The molecule has 0 saturated carbocycles. The number of Topliss-reactive ketones (excluding diaryl/α,β-unsaturated/α-hetero) is 1. The Hall–Kier alpha value is -3.85. The summed E-state index contributed by atoms with van der Waals surface area (Å²) in [5, 5.41) is 3.50. The molecule has 8 nitrogen and oxygen atoms in total. The van der Waals surface area contributed by atoms with Gasteiger partial charge in [-0.25, -0.2) is 0 Å². The van der Waals surface area contributed by atoms with E-state index in [1.807, 2.05) is 42.5 Å². The minimum Gasteiger partial charge on any atom is -0.363 e. The third kappa shape index (κ3) is 3.83. The molecule has 0 radical (unpaired) electrons. The first kappa shape index (κ1) is 19.5. The summed E-state index contributed by atoms with van der Waals surface area (Å²) in [6.45, 7) is 0. The van der Waals surface area contributed by atoms with Gasteiger partial charge < -0.3 is 16.0 Å². The van der Waals surface area contributed by atoms with E-state index in [9.17, 15) is 14.4 Å². The van der Waals surface area contributed by atoms with Gasteiger partial charge in [0, 0.05) is 29.1 Å². The summed E-state index contributed by atoms with van der Waals surface area (Å²) in [4.78, 5) is 39.9. The molecule has 0 spiro atoms. The van der Waals surface area contributed by atoms with Crippen molar-refractivity contribution in [2.75, 3.05) is 0 Å². The second-order valence-electron chi connectivity index (χ2n) is 6.65. The lowest BCUT2D eigenvalue weighted by atomic mass is 10.0. The molecule has 2 heterocycles. The molecule has 30 heavy (non-hydrogen) atoms. The Morgan fingerprint density at radius 3 is 2.53 bits per heavy atom. The molecule has 150 valence electrons. The number of primary amides is 1. The van der Waals surface area contributed by atoms with E-state index in [1.54, 1.807) is 18.3 Å². The average molecular weight is 419 g/mol. The van der Waals surface area contributed by atoms with Gasteiger partial charge in [-0.05, 0) is 11.6 Å². The van der Waals surface area contributed by atoms with E-state index in [1.165, 1.54) is 0 Å². The number of carbonyl (C=O) groups excluding carboxylic acids is 3. The van der Waals surface area contributed by atoms with Gasteiger partial charge in [0.05, 0.1) is 11.7 Å². The van der Waals surface area contributed by atoms with Crippen LogP contribution < -0.4 is 11.1 Å². The van der Waals surface area contributed by atoms with Crippen molar-refractivity contribution in [2.24, 2.45) is 5.73 Å². The van der Waals surface area contributed by atoms with Crippen molar-refractivity contribution < 1.29 is 14.4 Å². The third-order valence-electron chi connectivity index (χ3n) is 4.70. The lowest BCUT2D eigenvalue weighted by Gasteiger charge is -2.16. The van der Waals surface area contributed by atoms with Crippen molar-refractivity contribution in [1.29, 1.82) is 0 Å². The number of H-pyrrole nitrogens is 1. The van der Waals surface area contributed by atoms with E-state index in [0.29, 0.717) is 5.69 Å². The van der Waals surface area contributed by atoms with Gasteiger partial charge in [0.2, 0.25) is 5.78 Å². The number of amides is 2. The highest BCUT2D eigenvalue weighted by Gasteiger charge is 2.28. The lowest BCUT2D eigenvalue weighted by molar-refractivity contribution is -0.137. The molecule has 4 rings (SSSR count). The summed E-state index contributed by atoms with van der Waals surface area (Å²) in [6, 6.07) is 15.6. The van der Waals surface area contributed by atoms with Gasteiger partial charge in [-0.1, -0.05) is 48.5 Å². The smallest absolute Gasteiger partial charge is 0.287 e. The van der Waals surface area contributed by atoms with Crippen LogP contribution in [0.3, 0.4) is 0 Å². The van der Waals surface area contributed by atoms with Crippen molar-refractivity contribution in [3.8, 4) is 11.3 Å². The van der Waals surface area contributed by atoms with Crippen molar-refractivity contribution in [3.05, 3.63) is 72.1 Å². The number of rotatable bonds is 7. The van der Waals surface area contributed by atoms with Crippen LogP contribution in [0.2, 0.25) is 0 Å². The minimum atomic E-state index is -1.11. The van der Waals surface area contributed by atoms with Crippen LogP contribution in [0.25, 0.3) is 22.2 Å². The Kier molecular flexibility index (Phi) is 5.36. The zero-order valence-corrected chi connectivity index (χ0v) is 16.5. The van der Waals surface area contributed by atoms with Crippen molar-refractivity contribution in [2.45, 2.75) is 12.5 Å². The number of fused-ring (bicyclic) bond motifs is 1. The Morgan fingerprint density at radius 2 is 1.77 bits per heavy atom. The van der Waals surface area contributed by atoms with E-state index >= 15 is 0 Å². The molecule has 0 aliphatic carbocycles. The predicted octanol–water partition coefficient (Wildman–Crippen LogP) is 2.08. The topological polar surface area (TPSA) is 131 Å². The molecule has 0 bridgehead atoms. The van der Waals surface area contributed by atoms with Gasteiger partial charge in [0.15, 0.2) is 5.69 Å². The summed E-state index contributed by atoms with van der Waals surface area (Å²) in [5.41, 5.74) is 8.08. The van der Waals surface area contributed by atoms with Crippen LogP contribution in [0, 0.1) is 0 Å². The first-order chi connectivity index (χ1) is 14.5. The maximum atomic E-state index is 13.0. The molecule has 0 aliphatic heterocycles. The summed E-state index contributed by atoms with van der Waals surface area (Å²) >= 11 is 0.896. The number of benzene rings is 2. The van der Waals surface area contributed by atoms with E-state index in [2.05, 4.69) is 19.0 Å². The van der Waals surface area contributed by atoms with Crippen LogP contribution in [-0.4, -0.2) is 37.4 Å². The number of hydrogen-bond donors (Lipinski definition) is 3. The van der Waals surface area contributed by atoms with Crippen molar-refractivity contribution in [1.82, 2.24) is 19.0 Å². The van der Waals surface area contributed by atoms with Crippen LogP contribution in [-0.2, 0) is 16.0 Å². The average Bonchev–Trinajstić information content (AvgIpc) is 3.40. The Morgan fingerprint density at radius 1 is 1.03 bits per heavy atom. The largest absolute Gasteiger partial charge is 0.363 e. The summed E-state index contributed by atoms with van der Waals surface area (Å²) < 4.78 is 8.39. The fourth-order valence-electron chi connectivity index (χ4n) is 3.24. The number of nitrogens with two attached hydrogens (primary N) is 1. The Balaban J connectivity index is 1.63. The van der Waals surface area contributed by atoms with Crippen molar-refractivity contribution in [3.63, 3.8) is 0 Å². The van der Waals surface area contributed by atoms with Crippen LogP contribution in [0.4, 0.5) is 0 Å². The Bertz CT molecular complexity index is 1230. The molecule has 1 unspecified atom stereocenters. The molecule has 2 aromatic heterocycles. The number of ketones is 1. The monoisotopic (exact) mass is 419 g/mol. The first-order valence-electron chi connectivity index (χ1n) is 9.12. The van der Waals surface area contributed by atoms with Crippen LogP contribution in [0.15, 0.2) is 60.8 Å². The molecular weight excluding hydrogens is 402 g/mol. The third-order valence-corrected chi connectivity index (χ3v) is 5.22. The molecule has 0 fully saturated rings. The lowest BCUT2D eigenvalue weighted by Crippen LogP contribution is -2.47. The molecular formula is C21H17N5O3S. The quantitative estimate of drug-likeness (QED) is 0.395. The highest BCUT2D eigenvalue weighted by Crippen LogP contribution is 2.29. The Labute approximate surface area is 175 Å². The molecule has 4 aromatic rings. The molecule has 9 heteroatoms. The van der Waals surface area contributed by atoms with Crippen LogP contribution in [0.1, 0.15) is 16.1 Å². The molecule has 4 N–H and O–H groups in total. The predicted molar refractivity (Wildman–Crippen MR) is 113 cm³/mol. The second-order valence-corrected chi connectivity index (χ2v) is 7.18. The number of hydrogen-bond acceptors (Lipinski definition) is 6. The molecule has 0 aliphatic rings. The van der Waals surface area contributed by atoms with Gasteiger partial charge in [0.1, 0.15) is 11.7 Å². The van der Waals surface area contributed by atoms with Crippen molar-refractivity contribution >= 4 is 40.2 Å². The second kappa shape index (κ2) is 8.26. The maximum absolute atomic E-state index is 13.0. The van der Waals surface area contributed by atoms with E-state index < -0.39 is 23.6 Å². The SMILES string of the molecule is NC(=O)C(=O)C(Cc1ccccc1)NC(=O)c1nsnc1-c1c[nH]c2ccccc12. The number of nitrogens with one attached hydrogen (secondary N) is 2. The maximum Gasteiger partial charge on any atom is 0.287 e. The first-order valence-corrected chi connectivity index (χ1v) is 9.85. The van der Waals surface area contributed by atoms with Crippen LogP contribution >= 0.6 is 11.7 Å². The van der Waals surface area contributed by atoms with Gasteiger partial charge >= 0.3 is 0 Å². The molecule has 1 atom stereocenters. The van der Waals surface area contributed by atoms with E-state index in [0.717, 1.165) is 33.8 Å². The summed E-state index contributed by atoms with van der Waals surface area (Å²) in [5.74, 6) is -2.58. The summed E-state index contributed by atoms with van der Waals surface area (Å²) in [7, 11) is 0. The zero-order chi connectivity index (χ0) is 21.1. The van der Waals surface area contributed by atoms with E-state index in [-0.39, 0.29) is 12.1 Å². The van der Waals surface area contributed by atoms with Gasteiger partial charge in [-0.2, -0.15) is 8.75 Å². The molecule has 2 amide bonds. The zero-order valence-electron chi connectivity index (χ0n) is 15.7. The molecule has 0 saturated heterocycles. The fraction of sp³-hybridized carbons (Fsp3) is 0.0952. The van der Waals surface area contributed by atoms with E-state index in [4.69, 9.17) is 5.73 Å². The van der Waals surface area contributed by atoms with Gasteiger partial charge in [0.25, 0.3) is 11.8 Å². The van der Waals surface area contributed by atoms with Gasteiger partial charge in [-0.15, -0.1) is 0 Å². The number of aromatic amines is 1. The van der Waals surface area contributed by atoms with Gasteiger partial charge in [-0.3, -0.25) is 14.4 Å². The number of nitrogens with zero attached hydrogens (tertiary/aromatic N) is 2. The minimum absolute atomic E-state index is 0.0834.